The van der Waals surface area contributed by atoms with Crippen molar-refractivity contribution >= 4 is 18.2 Å². The molecule has 0 radical (unpaired) electrons. The Balaban J connectivity index is 2.26. The van der Waals surface area contributed by atoms with E-state index in [0.29, 0.717) is 21.5 Å². The van der Waals surface area contributed by atoms with Gasteiger partial charge in [0.15, 0.2) is 5.44 Å². The zero-order chi connectivity index (χ0) is 20.4. The van der Waals surface area contributed by atoms with E-state index in [9.17, 15) is 8.42 Å². The minimum atomic E-state index is -3.48. The van der Waals surface area contributed by atoms with Gasteiger partial charge >= 0.3 is 0 Å². The fourth-order valence-electron chi connectivity index (χ4n) is 4.61. The number of ether oxygens (including phenoxy) is 1. The summed E-state index contributed by atoms with van der Waals surface area (Å²) < 4.78 is 38.5. The quantitative estimate of drug-likeness (QED) is 0.374. The first-order valence-electron chi connectivity index (χ1n) is 10.2. The highest BCUT2D eigenvalue weighted by atomic mass is 32.2. The molecule has 1 aliphatic rings. The fourth-order valence-corrected chi connectivity index (χ4v) is 11.8. The molecule has 0 aliphatic carbocycles. The monoisotopic (exact) mass is 412 g/mol. The molecule has 1 aromatic rings. The van der Waals surface area contributed by atoms with Gasteiger partial charge in [-0.1, -0.05) is 73.1 Å². The van der Waals surface area contributed by atoms with Gasteiger partial charge in [-0.05, 0) is 35.2 Å². The van der Waals surface area contributed by atoms with Crippen molar-refractivity contribution < 1.29 is 17.6 Å². The summed E-state index contributed by atoms with van der Waals surface area (Å²) in [5, 5.41) is 0. The summed E-state index contributed by atoms with van der Waals surface area (Å²) in [6.45, 7) is 15.6. The molecule has 0 saturated carbocycles. The summed E-state index contributed by atoms with van der Waals surface area (Å²) in [5.41, 5.74) is 0.592. The molecule has 0 aromatic heterocycles. The van der Waals surface area contributed by atoms with Crippen molar-refractivity contribution in [2.45, 2.75) is 100 Å². The van der Waals surface area contributed by atoms with Crippen molar-refractivity contribution in [3.05, 3.63) is 30.3 Å². The zero-order valence-electron chi connectivity index (χ0n) is 17.8. The van der Waals surface area contributed by atoms with Gasteiger partial charge in [-0.25, -0.2) is 8.42 Å². The summed E-state index contributed by atoms with van der Waals surface area (Å²) in [5.74, 6) is 0. The lowest BCUT2D eigenvalue weighted by Gasteiger charge is -2.44. The van der Waals surface area contributed by atoms with Gasteiger partial charge in [0.2, 0.25) is 18.2 Å². The summed E-state index contributed by atoms with van der Waals surface area (Å²) in [7, 11) is -5.57. The molecule has 0 unspecified atom stereocenters. The Morgan fingerprint density at radius 1 is 1.00 bits per heavy atom. The van der Waals surface area contributed by atoms with E-state index in [0.717, 1.165) is 12.8 Å². The summed E-state index contributed by atoms with van der Waals surface area (Å²) in [6.07, 6.45) is 1.25. The molecular weight excluding hydrogens is 376 g/mol. The van der Waals surface area contributed by atoms with Gasteiger partial charge in [-0.15, -0.1) is 0 Å². The Bertz CT molecular complexity index is 678. The van der Waals surface area contributed by atoms with E-state index in [4.69, 9.17) is 9.16 Å². The minimum Gasteiger partial charge on any atom is -0.410 e. The number of rotatable bonds is 10. The first-order chi connectivity index (χ1) is 12.6. The van der Waals surface area contributed by atoms with E-state index in [1.807, 2.05) is 6.07 Å². The molecule has 1 aromatic carbocycles. The first-order valence-corrected chi connectivity index (χ1v) is 13.9. The lowest BCUT2D eigenvalue weighted by Crippen LogP contribution is -2.51. The van der Waals surface area contributed by atoms with Gasteiger partial charge in [0.1, 0.15) is 6.10 Å². The second-order valence-electron chi connectivity index (χ2n) is 8.59. The Kier molecular flexibility index (Phi) is 7.33. The maximum atomic E-state index is 12.9. The molecule has 1 saturated heterocycles. The molecule has 27 heavy (non-hydrogen) atoms. The third kappa shape index (κ3) is 4.49. The van der Waals surface area contributed by atoms with Crippen molar-refractivity contribution in [2.75, 3.05) is 0 Å². The number of sulfone groups is 1. The minimum absolute atomic E-state index is 0.155. The van der Waals surface area contributed by atoms with Crippen molar-refractivity contribution in [2.24, 2.45) is 0 Å². The van der Waals surface area contributed by atoms with Gasteiger partial charge < -0.3 is 9.16 Å². The van der Waals surface area contributed by atoms with Crippen LogP contribution in [-0.2, 0) is 19.0 Å². The number of hydrogen-bond acceptors (Lipinski definition) is 4. The predicted molar refractivity (Wildman–Crippen MR) is 113 cm³/mol. The average molecular weight is 413 g/mol. The number of benzene rings is 1. The predicted octanol–water partition coefficient (Wildman–Crippen LogP) is 5.55. The van der Waals surface area contributed by atoms with E-state index in [1.165, 1.54) is 0 Å². The molecule has 0 bridgehead atoms. The van der Waals surface area contributed by atoms with Crippen LogP contribution in [0.25, 0.3) is 0 Å². The van der Waals surface area contributed by atoms with Crippen molar-refractivity contribution in [3.8, 4) is 0 Å². The standard InChI is InChI=1S/C21H36O4SSi/c1-8-12-19(25-27(15(2)3,16(4)5)17(6)7)20-21(24-20)26(22,23)18-13-10-9-11-14-18/h9-11,13-17,19-21H,8,12H2,1-7H3/t19-,20+,21+/m0/s1. The van der Waals surface area contributed by atoms with Crippen LogP contribution in [0.1, 0.15) is 61.3 Å². The van der Waals surface area contributed by atoms with Crippen molar-refractivity contribution in [3.63, 3.8) is 0 Å². The SMILES string of the molecule is CCC[C@H](O[Si](C(C)C)(C(C)C)C(C)C)[C@H]1O[C@@H]1S(=O)(=O)c1ccccc1. The van der Waals surface area contributed by atoms with E-state index in [1.54, 1.807) is 24.3 Å². The summed E-state index contributed by atoms with van der Waals surface area (Å²) in [4.78, 5) is 0.327. The van der Waals surface area contributed by atoms with E-state index in [2.05, 4.69) is 48.5 Å². The third-order valence-corrected chi connectivity index (χ3v) is 13.9. The molecule has 0 spiro atoms. The second kappa shape index (κ2) is 8.76. The van der Waals surface area contributed by atoms with Crippen molar-refractivity contribution in [1.29, 1.82) is 0 Å². The van der Waals surface area contributed by atoms with Crippen molar-refractivity contribution in [1.82, 2.24) is 0 Å². The smallest absolute Gasteiger partial charge is 0.207 e. The molecule has 0 amide bonds. The molecule has 6 heteroatoms. The molecular formula is C21H36O4SSi. The molecule has 2 rings (SSSR count). The fraction of sp³-hybridized carbons (Fsp3) is 0.714. The second-order valence-corrected chi connectivity index (χ2v) is 16.0. The Morgan fingerprint density at radius 2 is 1.52 bits per heavy atom. The van der Waals surface area contributed by atoms with Crippen LogP contribution in [-0.4, -0.2) is 34.4 Å². The molecule has 154 valence electrons. The molecule has 4 nitrogen and oxygen atoms in total. The van der Waals surface area contributed by atoms with E-state index in [-0.39, 0.29) is 12.2 Å². The number of hydrogen-bond donors (Lipinski definition) is 0. The molecule has 1 aliphatic heterocycles. The van der Waals surface area contributed by atoms with E-state index >= 15 is 0 Å². The van der Waals surface area contributed by atoms with Crippen LogP contribution in [0, 0.1) is 0 Å². The molecule has 0 N–H and O–H groups in total. The Hall–Kier alpha value is -0.693. The summed E-state index contributed by atoms with van der Waals surface area (Å²) in [6, 6.07) is 8.59. The van der Waals surface area contributed by atoms with Gasteiger partial charge in [-0.2, -0.15) is 0 Å². The number of epoxide rings is 1. The molecule has 1 heterocycles. The lowest BCUT2D eigenvalue weighted by atomic mass is 10.1. The maximum Gasteiger partial charge on any atom is 0.207 e. The Morgan fingerprint density at radius 3 is 1.96 bits per heavy atom. The lowest BCUT2D eigenvalue weighted by molar-refractivity contribution is 0.128. The van der Waals surface area contributed by atoms with Crippen LogP contribution in [0.4, 0.5) is 0 Å². The van der Waals surface area contributed by atoms with Gasteiger partial charge in [0.05, 0.1) is 11.0 Å². The van der Waals surface area contributed by atoms with Crippen LogP contribution in [0.5, 0.6) is 0 Å². The topological polar surface area (TPSA) is 55.9 Å². The largest absolute Gasteiger partial charge is 0.410 e. The van der Waals surface area contributed by atoms with Crippen LogP contribution in [0.2, 0.25) is 16.6 Å². The third-order valence-electron chi connectivity index (χ3n) is 5.86. The highest BCUT2D eigenvalue weighted by Gasteiger charge is 2.57. The van der Waals surface area contributed by atoms with E-state index < -0.39 is 23.6 Å². The normalized spacial score (nSPS) is 21.9. The molecule has 3 atom stereocenters. The highest BCUT2D eigenvalue weighted by Crippen LogP contribution is 2.46. The van der Waals surface area contributed by atoms with Gasteiger partial charge in [0.25, 0.3) is 0 Å². The summed E-state index contributed by atoms with van der Waals surface area (Å²) >= 11 is 0. The first kappa shape index (κ1) is 22.6. The molecule has 1 fully saturated rings. The Labute approximate surface area is 166 Å². The van der Waals surface area contributed by atoms with Gasteiger partial charge in [0, 0.05) is 0 Å². The van der Waals surface area contributed by atoms with Crippen LogP contribution >= 0.6 is 0 Å². The zero-order valence-corrected chi connectivity index (χ0v) is 19.6. The van der Waals surface area contributed by atoms with Crippen LogP contribution < -0.4 is 0 Å². The van der Waals surface area contributed by atoms with Crippen LogP contribution in [0.15, 0.2) is 35.2 Å². The highest BCUT2D eigenvalue weighted by molar-refractivity contribution is 7.92. The maximum absolute atomic E-state index is 12.9. The average Bonchev–Trinajstić information content (AvgIpc) is 3.39. The van der Waals surface area contributed by atoms with Crippen LogP contribution in [0.3, 0.4) is 0 Å². The van der Waals surface area contributed by atoms with Gasteiger partial charge in [-0.3, -0.25) is 0 Å².